The van der Waals surface area contributed by atoms with Crippen molar-refractivity contribution in [3.8, 4) is 0 Å². The van der Waals surface area contributed by atoms with E-state index in [0.717, 1.165) is 0 Å². The predicted molar refractivity (Wildman–Crippen MR) is 59.1 cm³/mol. The van der Waals surface area contributed by atoms with Gasteiger partial charge in [0.2, 0.25) is 0 Å². The van der Waals surface area contributed by atoms with Gasteiger partial charge in [-0.15, -0.1) is 0 Å². The molecule has 0 aliphatic heterocycles. The molecule has 5 heteroatoms. The van der Waals surface area contributed by atoms with E-state index in [9.17, 15) is 8.42 Å². The second-order valence-electron chi connectivity index (χ2n) is 3.29. The van der Waals surface area contributed by atoms with Gasteiger partial charge in [0.1, 0.15) is 7.05 Å². The average Bonchev–Trinajstić information content (AvgIpc) is 2.06. The highest BCUT2D eigenvalue weighted by atomic mass is 32.2. The van der Waals surface area contributed by atoms with E-state index in [-0.39, 0.29) is 0 Å². The Kier molecular flexibility index (Phi) is 6.12. The van der Waals surface area contributed by atoms with Crippen molar-refractivity contribution in [1.82, 2.24) is 0 Å². The van der Waals surface area contributed by atoms with Gasteiger partial charge in [0, 0.05) is 18.6 Å². The van der Waals surface area contributed by atoms with Gasteiger partial charge >= 0.3 is 0 Å². The second-order valence-corrected chi connectivity index (χ2v) is 4.75. The molecule has 0 saturated heterocycles. The van der Waals surface area contributed by atoms with E-state index in [1.54, 1.807) is 0 Å². The van der Waals surface area contributed by atoms with E-state index in [4.69, 9.17) is 4.55 Å². The normalized spacial score (nSPS) is 10.4. The lowest BCUT2D eigenvalue weighted by atomic mass is 10.2. The third-order valence-electron chi connectivity index (χ3n) is 1.67. The third-order valence-corrected chi connectivity index (χ3v) is 1.67. The molecule has 1 aromatic heterocycles. The van der Waals surface area contributed by atoms with Gasteiger partial charge in [0.05, 0.1) is 6.26 Å². The molecule has 0 aromatic carbocycles. The number of aromatic nitrogens is 1. The molecule has 0 amide bonds. The summed E-state index contributed by atoms with van der Waals surface area (Å²) in [6.07, 6.45) is 5.20. The maximum absolute atomic E-state index is 9.19. The van der Waals surface area contributed by atoms with Gasteiger partial charge in [0.25, 0.3) is 10.1 Å². The van der Waals surface area contributed by atoms with Crippen molar-refractivity contribution in [2.75, 3.05) is 6.26 Å². The largest absolute Gasteiger partial charge is 0.286 e. The monoisotopic (exact) mass is 232 g/mol. The maximum atomic E-state index is 9.19. The Morgan fingerprint density at radius 1 is 1.40 bits per heavy atom. The van der Waals surface area contributed by atoms with Crippen LogP contribution >= 0.6 is 0 Å². The summed E-state index contributed by atoms with van der Waals surface area (Å²) in [5, 5.41) is 0. The summed E-state index contributed by atoms with van der Waals surface area (Å²) in [4.78, 5) is 0. The summed E-state index contributed by atoms with van der Waals surface area (Å²) in [5.41, 5.74) is 1.41. The zero-order chi connectivity index (χ0) is 11.9. The lowest BCUT2D eigenvalue weighted by Gasteiger charge is -1.94. The molecule has 0 radical (unpaired) electrons. The van der Waals surface area contributed by atoms with Crippen LogP contribution in [0.15, 0.2) is 24.4 Å². The molecular weight excluding hydrogens is 214 g/mol. The third kappa shape index (κ3) is 9.37. The summed E-state index contributed by atoms with van der Waals surface area (Å²) in [6.45, 7) is 2.20. The van der Waals surface area contributed by atoms with Gasteiger partial charge in [-0.2, -0.15) is 8.42 Å². The highest BCUT2D eigenvalue weighted by Crippen LogP contribution is 1.94. The van der Waals surface area contributed by atoms with Gasteiger partial charge in [-0.05, 0) is 6.42 Å². The Morgan fingerprint density at radius 2 is 1.93 bits per heavy atom. The van der Waals surface area contributed by atoms with Crippen LogP contribution in [0.4, 0.5) is 0 Å². The molecule has 0 fully saturated rings. The van der Waals surface area contributed by atoms with Crippen molar-refractivity contribution in [1.29, 1.82) is 0 Å². The molecule has 0 aliphatic rings. The molecule has 0 aliphatic carbocycles. The van der Waals surface area contributed by atoms with Gasteiger partial charge < -0.3 is 0 Å². The quantitative estimate of drug-likeness (QED) is 0.610. The standard InChI is InChI=1S/C9H14N.CH4O3S/c1-3-6-9-7-4-5-8-10(9)2;1-5(2,3)4/h4-5,7-8H,3,6H2,1-2H3;1H3,(H,2,3,4)/q+1;. The number of aryl methyl sites for hydroxylation is 2. The topological polar surface area (TPSA) is 58.2 Å². The average molecular weight is 232 g/mol. The fourth-order valence-corrected chi connectivity index (χ4v) is 1.07. The number of nitrogens with zero attached hydrogens (tertiary/aromatic N) is 1. The molecule has 1 aromatic rings. The first-order valence-electron chi connectivity index (χ1n) is 4.70. The molecule has 1 heterocycles. The fourth-order valence-electron chi connectivity index (χ4n) is 1.07. The summed E-state index contributed by atoms with van der Waals surface area (Å²) < 4.78 is 28.0. The molecule has 0 bridgehead atoms. The van der Waals surface area contributed by atoms with Crippen LogP contribution in [0.25, 0.3) is 0 Å². The number of rotatable bonds is 2. The van der Waals surface area contributed by atoms with E-state index < -0.39 is 10.1 Å². The highest BCUT2D eigenvalue weighted by molar-refractivity contribution is 7.85. The molecule has 15 heavy (non-hydrogen) atoms. The Hall–Kier alpha value is -0.940. The lowest BCUT2D eigenvalue weighted by Crippen LogP contribution is -2.32. The Morgan fingerprint density at radius 3 is 2.33 bits per heavy atom. The van der Waals surface area contributed by atoms with E-state index in [1.807, 2.05) is 0 Å². The van der Waals surface area contributed by atoms with Crippen LogP contribution in [0.1, 0.15) is 19.0 Å². The SMILES string of the molecule is CCCc1cccc[n+]1C.CS(=O)(=O)O. The first-order chi connectivity index (χ1) is 6.84. The van der Waals surface area contributed by atoms with E-state index in [1.165, 1.54) is 18.5 Å². The summed E-state index contributed by atoms with van der Waals surface area (Å²) >= 11 is 0. The number of pyridine rings is 1. The summed E-state index contributed by atoms with van der Waals surface area (Å²) in [7, 11) is -1.58. The van der Waals surface area contributed by atoms with Gasteiger partial charge in [-0.3, -0.25) is 4.55 Å². The van der Waals surface area contributed by atoms with Crippen LogP contribution in [-0.4, -0.2) is 19.2 Å². The van der Waals surface area contributed by atoms with Crippen molar-refractivity contribution in [3.63, 3.8) is 0 Å². The second kappa shape index (κ2) is 6.53. The Bertz CT molecular complexity index is 379. The molecule has 0 spiro atoms. The van der Waals surface area contributed by atoms with E-state index >= 15 is 0 Å². The van der Waals surface area contributed by atoms with E-state index in [2.05, 4.69) is 42.9 Å². The van der Waals surface area contributed by atoms with Crippen LogP contribution in [0.3, 0.4) is 0 Å². The van der Waals surface area contributed by atoms with E-state index in [0.29, 0.717) is 6.26 Å². The molecule has 0 saturated carbocycles. The zero-order valence-corrected chi connectivity index (χ0v) is 10.2. The predicted octanol–water partition coefficient (Wildman–Crippen LogP) is 0.968. The van der Waals surface area contributed by atoms with Crippen molar-refractivity contribution in [2.45, 2.75) is 19.8 Å². The fraction of sp³-hybridized carbons (Fsp3) is 0.500. The van der Waals surface area contributed by atoms with Crippen LogP contribution in [0.5, 0.6) is 0 Å². The summed E-state index contributed by atoms with van der Waals surface area (Å²) in [5.74, 6) is 0. The minimum Gasteiger partial charge on any atom is -0.286 e. The lowest BCUT2D eigenvalue weighted by molar-refractivity contribution is -0.679. The highest BCUT2D eigenvalue weighted by Gasteiger charge is 2.00. The Balaban J connectivity index is 0.000000336. The molecule has 1 rings (SSSR count). The molecular formula is C10H18NO3S+. The minimum atomic E-state index is -3.67. The zero-order valence-electron chi connectivity index (χ0n) is 9.34. The van der Waals surface area contributed by atoms with Crippen LogP contribution < -0.4 is 4.57 Å². The first kappa shape index (κ1) is 14.1. The van der Waals surface area contributed by atoms with Crippen molar-refractivity contribution < 1.29 is 17.5 Å². The number of hydrogen-bond donors (Lipinski definition) is 1. The van der Waals surface area contributed by atoms with Crippen LogP contribution in [0, 0.1) is 0 Å². The molecule has 0 atom stereocenters. The molecule has 4 nitrogen and oxygen atoms in total. The van der Waals surface area contributed by atoms with Crippen LogP contribution in [0.2, 0.25) is 0 Å². The first-order valence-corrected chi connectivity index (χ1v) is 6.55. The number of hydrogen-bond acceptors (Lipinski definition) is 2. The maximum Gasteiger partial charge on any atom is 0.261 e. The van der Waals surface area contributed by atoms with Crippen LogP contribution in [-0.2, 0) is 23.6 Å². The smallest absolute Gasteiger partial charge is 0.261 e. The molecule has 1 N–H and O–H groups in total. The van der Waals surface area contributed by atoms with Gasteiger partial charge in [-0.1, -0.05) is 13.0 Å². The Labute approximate surface area is 91.3 Å². The molecule has 86 valence electrons. The van der Waals surface area contributed by atoms with Crippen molar-refractivity contribution in [3.05, 3.63) is 30.1 Å². The minimum absolute atomic E-state index is 0.715. The molecule has 0 unspecified atom stereocenters. The van der Waals surface area contributed by atoms with Gasteiger partial charge in [0.15, 0.2) is 11.9 Å². The van der Waals surface area contributed by atoms with Crippen molar-refractivity contribution in [2.24, 2.45) is 7.05 Å². The summed E-state index contributed by atoms with van der Waals surface area (Å²) in [6, 6.07) is 6.31. The van der Waals surface area contributed by atoms with Crippen molar-refractivity contribution >= 4 is 10.1 Å². The van der Waals surface area contributed by atoms with Gasteiger partial charge in [-0.25, -0.2) is 4.57 Å².